The molecule has 2 amide bonds. The number of amides is 2. The summed E-state index contributed by atoms with van der Waals surface area (Å²) in [5.74, 6) is -0.274. The van der Waals surface area contributed by atoms with Crippen LogP contribution in [0.1, 0.15) is 12.0 Å². The Bertz CT molecular complexity index is 1240. The highest BCUT2D eigenvalue weighted by Gasteiger charge is 2.35. The minimum absolute atomic E-state index is 0.0313. The highest BCUT2D eigenvalue weighted by atomic mass is 35.5. The van der Waals surface area contributed by atoms with Crippen LogP contribution in [0.15, 0.2) is 77.8 Å². The summed E-state index contributed by atoms with van der Waals surface area (Å²) in [5.41, 5.74) is 2.09. The molecule has 0 spiro atoms. The van der Waals surface area contributed by atoms with Crippen LogP contribution in [0.4, 0.5) is 15.8 Å². The molecule has 1 saturated heterocycles. The first-order valence-electron chi connectivity index (χ1n) is 10.9. The van der Waals surface area contributed by atoms with Gasteiger partial charge in [-0.25, -0.2) is 9.38 Å². The molecule has 35 heavy (non-hydrogen) atoms. The molecule has 1 N–H and O–H groups in total. The van der Waals surface area contributed by atoms with Crippen molar-refractivity contribution in [1.82, 2.24) is 4.90 Å². The van der Waals surface area contributed by atoms with Gasteiger partial charge in [-0.15, -0.1) is 0 Å². The molecular weight excluding hydrogens is 489 g/mol. The molecule has 0 saturated carbocycles. The van der Waals surface area contributed by atoms with Crippen LogP contribution < -0.4 is 10.1 Å². The second kappa shape index (κ2) is 11.4. The smallest absolute Gasteiger partial charge is 0.238 e. The molecule has 1 aliphatic heterocycles. The van der Waals surface area contributed by atoms with Crippen LogP contribution in [0, 0.1) is 5.82 Å². The number of carbonyl (C=O) groups excluding carboxylic acids is 2. The van der Waals surface area contributed by atoms with E-state index in [1.165, 1.54) is 36.0 Å². The number of nitrogens with zero attached hydrogens (tertiary/aromatic N) is 2. The Morgan fingerprint density at radius 3 is 2.63 bits per heavy atom. The second-order valence-corrected chi connectivity index (χ2v) is 9.43. The molecule has 0 aromatic heterocycles. The largest absolute Gasteiger partial charge is 0.497 e. The number of benzene rings is 3. The van der Waals surface area contributed by atoms with E-state index < -0.39 is 5.25 Å². The molecule has 1 aliphatic rings. The Hall–Kier alpha value is -3.36. The predicted molar refractivity (Wildman–Crippen MR) is 138 cm³/mol. The summed E-state index contributed by atoms with van der Waals surface area (Å²) in [4.78, 5) is 32.3. The van der Waals surface area contributed by atoms with Gasteiger partial charge in [-0.1, -0.05) is 41.6 Å². The lowest BCUT2D eigenvalue weighted by molar-refractivity contribution is -0.129. The van der Waals surface area contributed by atoms with Crippen LogP contribution in [-0.4, -0.2) is 40.8 Å². The van der Waals surface area contributed by atoms with Crippen molar-refractivity contribution in [3.05, 3.63) is 89.2 Å². The topological polar surface area (TPSA) is 71.0 Å². The maximum absolute atomic E-state index is 13.4. The lowest BCUT2D eigenvalue weighted by Crippen LogP contribution is -2.46. The van der Waals surface area contributed by atoms with Crippen LogP contribution in [0.2, 0.25) is 5.02 Å². The fraction of sp³-hybridized carbons (Fsp3) is 0.192. The number of nitrogens with one attached hydrogen (secondary N) is 1. The molecule has 3 aromatic rings. The Labute approximate surface area is 212 Å². The fourth-order valence-corrected chi connectivity index (χ4v) is 4.75. The molecule has 6 nitrogen and oxygen atoms in total. The SMILES string of the molecule is COc1cccc(NC(=O)C2CC(=O)N(CCc3ccc(Cl)cc3)C(=Nc3ccc(F)cc3)S2)c1. The molecule has 0 radical (unpaired) electrons. The maximum Gasteiger partial charge on any atom is 0.238 e. The summed E-state index contributed by atoms with van der Waals surface area (Å²) >= 11 is 7.18. The first kappa shape index (κ1) is 24.8. The third-order valence-corrected chi connectivity index (χ3v) is 6.80. The van der Waals surface area contributed by atoms with Gasteiger partial charge in [0.15, 0.2) is 5.17 Å². The molecule has 4 rings (SSSR count). The van der Waals surface area contributed by atoms with Crippen LogP contribution in [0.5, 0.6) is 5.75 Å². The molecule has 0 aliphatic carbocycles. The number of hydrogen-bond donors (Lipinski definition) is 1. The molecule has 9 heteroatoms. The monoisotopic (exact) mass is 511 g/mol. The van der Waals surface area contributed by atoms with Crippen LogP contribution >= 0.6 is 23.4 Å². The van der Waals surface area contributed by atoms with E-state index in [1.54, 1.807) is 48.4 Å². The Kier molecular flexibility index (Phi) is 8.05. The van der Waals surface area contributed by atoms with E-state index in [4.69, 9.17) is 16.3 Å². The van der Waals surface area contributed by atoms with Crippen molar-refractivity contribution in [3.63, 3.8) is 0 Å². The summed E-state index contributed by atoms with van der Waals surface area (Å²) in [5, 5.41) is 3.22. The zero-order valence-electron chi connectivity index (χ0n) is 18.9. The molecule has 1 unspecified atom stereocenters. The van der Waals surface area contributed by atoms with E-state index in [-0.39, 0.29) is 24.1 Å². The van der Waals surface area contributed by atoms with Gasteiger partial charge < -0.3 is 10.1 Å². The average molecular weight is 512 g/mol. The second-order valence-electron chi connectivity index (χ2n) is 7.82. The number of carbonyl (C=O) groups is 2. The van der Waals surface area contributed by atoms with Crippen molar-refractivity contribution in [3.8, 4) is 5.75 Å². The number of halogens is 2. The van der Waals surface area contributed by atoms with Crippen molar-refractivity contribution in [2.24, 2.45) is 4.99 Å². The number of anilines is 1. The number of hydrogen-bond acceptors (Lipinski definition) is 5. The van der Waals surface area contributed by atoms with Crippen molar-refractivity contribution in [1.29, 1.82) is 0 Å². The van der Waals surface area contributed by atoms with Gasteiger partial charge >= 0.3 is 0 Å². The van der Waals surface area contributed by atoms with Crippen molar-refractivity contribution in [2.45, 2.75) is 18.1 Å². The Balaban J connectivity index is 1.54. The number of aliphatic imine (C=N–C) groups is 1. The highest BCUT2D eigenvalue weighted by molar-refractivity contribution is 8.15. The van der Waals surface area contributed by atoms with Crippen molar-refractivity contribution in [2.75, 3.05) is 19.0 Å². The van der Waals surface area contributed by atoms with Gasteiger partial charge in [0.1, 0.15) is 16.8 Å². The lowest BCUT2D eigenvalue weighted by atomic mass is 10.1. The van der Waals surface area contributed by atoms with E-state index in [0.717, 1.165) is 5.56 Å². The average Bonchev–Trinajstić information content (AvgIpc) is 2.86. The molecule has 180 valence electrons. The van der Waals surface area contributed by atoms with Gasteiger partial charge in [0, 0.05) is 29.7 Å². The summed E-state index contributed by atoms with van der Waals surface area (Å²) < 4.78 is 18.6. The molecular formula is C26H23ClFN3O3S. The first-order chi connectivity index (χ1) is 16.9. The molecule has 3 aromatic carbocycles. The van der Waals surface area contributed by atoms with Gasteiger partial charge in [-0.3, -0.25) is 14.5 Å². The maximum atomic E-state index is 13.4. The van der Waals surface area contributed by atoms with E-state index in [0.29, 0.717) is 40.3 Å². The highest BCUT2D eigenvalue weighted by Crippen LogP contribution is 2.30. The molecule has 0 bridgehead atoms. The quantitative estimate of drug-likeness (QED) is 0.442. The summed E-state index contributed by atoms with van der Waals surface area (Å²) in [7, 11) is 1.55. The third-order valence-electron chi connectivity index (χ3n) is 5.36. The summed E-state index contributed by atoms with van der Waals surface area (Å²) in [6.07, 6.45) is 0.621. The van der Waals surface area contributed by atoms with Gasteiger partial charge in [0.25, 0.3) is 0 Å². The molecule has 1 atom stereocenters. The van der Waals surface area contributed by atoms with E-state index in [9.17, 15) is 14.0 Å². The lowest BCUT2D eigenvalue weighted by Gasteiger charge is -2.32. The number of ether oxygens (including phenoxy) is 1. The first-order valence-corrected chi connectivity index (χ1v) is 12.2. The number of methoxy groups -OCH3 is 1. The number of thioether (sulfide) groups is 1. The van der Waals surface area contributed by atoms with Crippen LogP contribution in [0.3, 0.4) is 0 Å². The zero-order valence-corrected chi connectivity index (χ0v) is 20.5. The van der Waals surface area contributed by atoms with Gasteiger partial charge in [0.2, 0.25) is 11.8 Å². The van der Waals surface area contributed by atoms with Gasteiger partial charge in [-0.2, -0.15) is 0 Å². The summed E-state index contributed by atoms with van der Waals surface area (Å²) in [6.45, 7) is 0.387. The minimum atomic E-state index is -0.667. The predicted octanol–water partition coefficient (Wildman–Crippen LogP) is 5.69. The summed E-state index contributed by atoms with van der Waals surface area (Å²) in [6, 6.07) is 20.1. The van der Waals surface area contributed by atoms with Crippen LogP contribution in [0.25, 0.3) is 0 Å². The van der Waals surface area contributed by atoms with E-state index in [1.807, 2.05) is 12.1 Å². The van der Waals surface area contributed by atoms with Gasteiger partial charge in [0.05, 0.1) is 12.8 Å². The van der Waals surface area contributed by atoms with E-state index >= 15 is 0 Å². The fourth-order valence-electron chi connectivity index (χ4n) is 3.50. The van der Waals surface area contributed by atoms with Crippen molar-refractivity contribution >= 4 is 51.7 Å². The van der Waals surface area contributed by atoms with E-state index in [2.05, 4.69) is 10.3 Å². The normalized spacial score (nSPS) is 16.9. The Morgan fingerprint density at radius 2 is 1.91 bits per heavy atom. The molecule has 1 fully saturated rings. The van der Waals surface area contributed by atoms with Crippen molar-refractivity contribution < 1.29 is 18.7 Å². The zero-order chi connectivity index (χ0) is 24.8. The van der Waals surface area contributed by atoms with Gasteiger partial charge in [-0.05, 0) is 60.5 Å². The number of rotatable bonds is 7. The standard InChI is InChI=1S/C26H23ClFN3O3S/c1-34-22-4-2-3-21(15-22)29-25(33)23-16-24(32)31(14-13-17-5-7-18(27)8-6-17)26(35-23)30-20-11-9-19(28)10-12-20/h2-12,15,23H,13-14,16H2,1H3,(H,29,33). The Morgan fingerprint density at radius 1 is 1.17 bits per heavy atom. The minimum Gasteiger partial charge on any atom is -0.497 e. The number of amidine groups is 1. The van der Waals surface area contributed by atoms with Crippen LogP contribution in [-0.2, 0) is 16.0 Å². The third kappa shape index (κ3) is 6.61. The molecule has 1 heterocycles.